The summed E-state index contributed by atoms with van der Waals surface area (Å²) in [5.74, 6) is 0. The van der Waals surface area contributed by atoms with Gasteiger partial charge in [0.25, 0.3) is 0 Å². The summed E-state index contributed by atoms with van der Waals surface area (Å²) in [6.07, 6.45) is 4.65. The number of benzene rings is 7. The van der Waals surface area contributed by atoms with E-state index in [2.05, 4.69) is 139 Å². The topological polar surface area (TPSA) is 0 Å². The lowest BCUT2D eigenvalue weighted by molar-refractivity contribution is 1.09. The van der Waals surface area contributed by atoms with Crippen LogP contribution in [-0.2, 0) is 6.42 Å². The molecule has 0 aromatic heterocycles. The molecule has 1 aliphatic rings. The fraction of sp³-hybridized carbons (Fsp3) is 0.190. The number of aryl methyl sites for hydroxylation is 3. The second-order valence-corrected chi connectivity index (χ2v) is 12.2. The molecule has 0 saturated carbocycles. The first kappa shape index (κ1) is 26.5. The van der Waals surface area contributed by atoms with Crippen molar-refractivity contribution in [3.63, 3.8) is 0 Å². The van der Waals surface area contributed by atoms with Crippen molar-refractivity contribution in [2.75, 3.05) is 0 Å². The smallest absolute Gasteiger partial charge is 0.00206 e. The lowest BCUT2D eigenvalue weighted by Crippen LogP contribution is -2.02. The summed E-state index contributed by atoms with van der Waals surface area (Å²) in [5.41, 5.74) is 13.7. The van der Waals surface area contributed by atoms with Gasteiger partial charge in [-0.15, -0.1) is 0 Å². The quantitative estimate of drug-likeness (QED) is 0.191. The molecule has 0 atom stereocenters. The van der Waals surface area contributed by atoms with Crippen LogP contribution in [-0.4, -0.2) is 0 Å². The predicted octanol–water partition coefficient (Wildman–Crippen LogP) is 12.4. The highest BCUT2D eigenvalue weighted by molar-refractivity contribution is 6.25. The Hall–Kier alpha value is -4.42. The van der Waals surface area contributed by atoms with Crippen molar-refractivity contribution in [1.29, 1.82) is 0 Å². The van der Waals surface area contributed by atoms with Gasteiger partial charge in [-0.25, -0.2) is 0 Å². The lowest BCUT2D eigenvalue weighted by atomic mass is 9.81. The minimum absolute atomic E-state index is 0.990. The molecule has 1 aliphatic carbocycles. The zero-order valence-electron chi connectivity index (χ0n) is 25.7. The molecule has 0 amide bonds. The summed E-state index contributed by atoms with van der Waals surface area (Å²) < 4.78 is 0. The van der Waals surface area contributed by atoms with Crippen LogP contribution in [0.5, 0.6) is 0 Å². The molecular weight excluding hydrogens is 504 g/mol. The van der Waals surface area contributed by atoms with E-state index in [1.165, 1.54) is 105 Å². The van der Waals surface area contributed by atoms with Crippen LogP contribution in [0.2, 0.25) is 0 Å². The molecule has 7 aromatic rings. The van der Waals surface area contributed by atoms with Gasteiger partial charge in [0.2, 0.25) is 0 Å². The van der Waals surface area contributed by atoms with Crippen molar-refractivity contribution in [3.8, 4) is 22.3 Å². The first-order chi connectivity index (χ1) is 20.4. The maximum atomic E-state index is 2.43. The first-order valence-electron chi connectivity index (χ1n) is 15.4. The maximum Gasteiger partial charge on any atom is -0.00206 e. The van der Waals surface area contributed by atoms with Crippen LogP contribution in [0.1, 0.15) is 55.0 Å². The Morgan fingerprint density at radius 1 is 0.500 bits per heavy atom. The molecule has 0 fully saturated rings. The Kier molecular flexibility index (Phi) is 6.39. The standard InChI is InChI=1S/C39H30.C3H8/c1-22-8-10-28-13-17-30(32-16-9-23(2)36(22)38(28)32)34-20-25(4)35(21-24(34)3)31-18-14-29-12-11-26-6-5-7-27-15-19-33(31)39(29)37(26)27;1-3-2/h5-15,17-21H,16H2,1-4H3;3H2,1-2H3. The Labute approximate surface area is 249 Å². The molecule has 8 rings (SSSR count). The molecule has 0 N–H and O–H groups in total. The Morgan fingerprint density at radius 2 is 1.02 bits per heavy atom. The molecular formula is C42H38. The Balaban J connectivity index is 0.000000923. The van der Waals surface area contributed by atoms with Crippen molar-refractivity contribution in [2.24, 2.45) is 0 Å². The van der Waals surface area contributed by atoms with Gasteiger partial charge >= 0.3 is 0 Å². The third-order valence-corrected chi connectivity index (χ3v) is 9.19. The minimum atomic E-state index is 0.990. The zero-order valence-corrected chi connectivity index (χ0v) is 25.7. The largest absolute Gasteiger partial charge is 0.0765 e. The highest BCUT2D eigenvalue weighted by Crippen LogP contribution is 2.44. The van der Waals surface area contributed by atoms with E-state index < -0.39 is 0 Å². The van der Waals surface area contributed by atoms with Gasteiger partial charge < -0.3 is 0 Å². The average molecular weight is 543 g/mol. The second kappa shape index (κ2) is 10.1. The number of rotatable bonds is 2. The van der Waals surface area contributed by atoms with E-state index in [0.717, 1.165) is 6.42 Å². The van der Waals surface area contributed by atoms with E-state index in [1.54, 1.807) is 0 Å². The molecule has 0 spiro atoms. The summed E-state index contributed by atoms with van der Waals surface area (Å²) >= 11 is 0. The van der Waals surface area contributed by atoms with E-state index >= 15 is 0 Å². The predicted molar refractivity (Wildman–Crippen MR) is 186 cm³/mol. The van der Waals surface area contributed by atoms with E-state index in [1.807, 2.05) is 0 Å². The molecule has 0 radical (unpaired) electrons. The van der Waals surface area contributed by atoms with Crippen molar-refractivity contribution >= 4 is 48.7 Å². The van der Waals surface area contributed by atoms with Crippen LogP contribution in [0.15, 0.2) is 97.1 Å². The Bertz CT molecular complexity index is 2170. The van der Waals surface area contributed by atoms with Gasteiger partial charge in [0, 0.05) is 0 Å². The van der Waals surface area contributed by atoms with E-state index in [4.69, 9.17) is 0 Å². The molecule has 0 saturated heterocycles. The van der Waals surface area contributed by atoms with Crippen LogP contribution in [0.25, 0.3) is 70.9 Å². The van der Waals surface area contributed by atoms with Crippen LogP contribution in [0.3, 0.4) is 0 Å². The van der Waals surface area contributed by atoms with Gasteiger partial charge in [-0.1, -0.05) is 117 Å². The number of hydrogen-bond acceptors (Lipinski definition) is 0. The number of allylic oxidation sites excluding steroid dienone is 2. The SMILES string of the molecule is CC1=CCc2c(-c3cc(C)c(-c4ccc5ccc6cccc7ccc4c5c67)cc3C)ccc3ccc(C)c1c23.CCC. The summed E-state index contributed by atoms with van der Waals surface area (Å²) in [6.45, 7) is 13.3. The van der Waals surface area contributed by atoms with Crippen molar-refractivity contribution < 1.29 is 0 Å². The molecule has 0 bridgehead atoms. The van der Waals surface area contributed by atoms with E-state index in [-0.39, 0.29) is 0 Å². The van der Waals surface area contributed by atoms with Crippen molar-refractivity contribution in [1.82, 2.24) is 0 Å². The lowest BCUT2D eigenvalue weighted by Gasteiger charge is -2.23. The zero-order chi connectivity index (χ0) is 29.1. The summed E-state index contributed by atoms with van der Waals surface area (Å²) in [6, 6.07) is 34.5. The second-order valence-electron chi connectivity index (χ2n) is 12.2. The minimum Gasteiger partial charge on any atom is -0.0765 e. The normalized spacial score (nSPS) is 12.7. The van der Waals surface area contributed by atoms with Crippen LogP contribution in [0, 0.1) is 20.8 Å². The Morgan fingerprint density at radius 3 is 1.71 bits per heavy atom. The van der Waals surface area contributed by atoms with Gasteiger partial charge in [-0.05, 0) is 133 Å². The highest BCUT2D eigenvalue weighted by Gasteiger charge is 2.20. The van der Waals surface area contributed by atoms with Crippen LogP contribution in [0.4, 0.5) is 0 Å². The fourth-order valence-electron chi connectivity index (χ4n) is 7.29. The van der Waals surface area contributed by atoms with Gasteiger partial charge in [0.05, 0.1) is 0 Å². The van der Waals surface area contributed by atoms with Crippen LogP contribution < -0.4 is 0 Å². The number of hydrogen-bond donors (Lipinski definition) is 0. The molecule has 7 aromatic carbocycles. The summed E-state index contributed by atoms with van der Waals surface area (Å²) in [4.78, 5) is 0. The summed E-state index contributed by atoms with van der Waals surface area (Å²) in [5, 5.41) is 10.8. The van der Waals surface area contributed by atoms with E-state index in [9.17, 15) is 0 Å². The molecule has 0 heteroatoms. The molecule has 42 heavy (non-hydrogen) atoms. The van der Waals surface area contributed by atoms with Gasteiger partial charge in [0.1, 0.15) is 0 Å². The van der Waals surface area contributed by atoms with Gasteiger partial charge in [-0.2, -0.15) is 0 Å². The van der Waals surface area contributed by atoms with Gasteiger partial charge in [-0.3, -0.25) is 0 Å². The maximum absolute atomic E-state index is 2.43. The molecule has 206 valence electrons. The summed E-state index contributed by atoms with van der Waals surface area (Å²) in [7, 11) is 0. The van der Waals surface area contributed by atoms with Crippen molar-refractivity contribution in [3.05, 3.63) is 125 Å². The van der Waals surface area contributed by atoms with E-state index in [0.29, 0.717) is 0 Å². The highest BCUT2D eigenvalue weighted by atomic mass is 14.2. The van der Waals surface area contributed by atoms with Crippen molar-refractivity contribution in [2.45, 2.75) is 54.4 Å². The average Bonchev–Trinajstić information content (AvgIpc) is 3.00. The molecule has 0 heterocycles. The third kappa shape index (κ3) is 3.97. The van der Waals surface area contributed by atoms with Crippen LogP contribution >= 0.6 is 0 Å². The fourth-order valence-corrected chi connectivity index (χ4v) is 7.29. The molecule has 0 nitrogen and oxygen atoms in total. The third-order valence-electron chi connectivity index (χ3n) is 9.19. The molecule has 0 aliphatic heterocycles. The van der Waals surface area contributed by atoms with Gasteiger partial charge in [0.15, 0.2) is 0 Å². The monoisotopic (exact) mass is 542 g/mol. The first-order valence-corrected chi connectivity index (χ1v) is 15.4. The molecule has 0 unspecified atom stereocenters.